The van der Waals surface area contributed by atoms with Crippen LogP contribution < -0.4 is 0 Å². The van der Waals surface area contributed by atoms with E-state index >= 15 is 0 Å². The Morgan fingerprint density at radius 2 is 0.939 bits per heavy atom. The van der Waals surface area contributed by atoms with Gasteiger partial charge in [-0.3, -0.25) is 0 Å². The second kappa shape index (κ2) is 9.49. The lowest BCUT2D eigenvalue weighted by molar-refractivity contribution is 0.660. The number of rotatable bonds is 2. The van der Waals surface area contributed by atoms with E-state index in [9.17, 15) is 0 Å². The van der Waals surface area contributed by atoms with Gasteiger partial charge in [0.05, 0.1) is 0 Å². The topological polar surface area (TPSA) is 26.3 Å². The summed E-state index contributed by atoms with van der Waals surface area (Å²) >= 11 is 0. The Hall–Kier alpha value is -6.12. The van der Waals surface area contributed by atoms with Crippen molar-refractivity contribution in [3.63, 3.8) is 0 Å². The first-order valence-electron chi connectivity index (χ1n) is 17.0. The smallest absolute Gasteiger partial charge is 0.144 e. The Morgan fingerprint density at radius 3 is 1.65 bits per heavy atom. The van der Waals surface area contributed by atoms with E-state index in [4.69, 9.17) is 8.83 Å². The van der Waals surface area contributed by atoms with Crippen molar-refractivity contribution < 1.29 is 8.83 Å². The van der Waals surface area contributed by atoms with Gasteiger partial charge in [0.1, 0.15) is 22.3 Å². The zero-order chi connectivity index (χ0) is 32.4. The van der Waals surface area contributed by atoms with Crippen molar-refractivity contribution in [2.24, 2.45) is 0 Å². The molecule has 2 aromatic heterocycles. The maximum absolute atomic E-state index is 6.84. The first-order valence-corrected chi connectivity index (χ1v) is 17.0. The molecule has 230 valence electrons. The van der Waals surface area contributed by atoms with Crippen molar-refractivity contribution in [3.05, 3.63) is 157 Å². The largest absolute Gasteiger partial charge is 0.456 e. The molecule has 1 aliphatic carbocycles. The minimum Gasteiger partial charge on any atom is -0.456 e. The van der Waals surface area contributed by atoms with Crippen LogP contribution in [-0.4, -0.2) is 0 Å². The van der Waals surface area contributed by atoms with Crippen molar-refractivity contribution in [3.8, 4) is 33.4 Å². The number of benzene rings is 8. The Morgan fingerprint density at radius 1 is 0.388 bits per heavy atom. The van der Waals surface area contributed by atoms with Gasteiger partial charge in [-0.2, -0.15) is 0 Å². The second-order valence-corrected chi connectivity index (χ2v) is 14.0. The van der Waals surface area contributed by atoms with Crippen LogP contribution in [0.5, 0.6) is 0 Å². The monoisotopic (exact) mass is 626 g/mol. The van der Waals surface area contributed by atoms with Gasteiger partial charge in [0.25, 0.3) is 0 Å². The molecule has 10 aromatic rings. The SMILES string of the molecule is CC1(C)c2ccccc2-c2cc(-c3c4ccccc4c(-c4c5oc6ccccc6c5cc5oc6ccccc6c45)c4ccccc34)ccc21. The molecular formula is C47H30O2. The third-order valence-corrected chi connectivity index (χ3v) is 11.1. The number of para-hydroxylation sites is 2. The molecule has 0 bridgehead atoms. The van der Waals surface area contributed by atoms with Crippen molar-refractivity contribution in [2.75, 3.05) is 0 Å². The summed E-state index contributed by atoms with van der Waals surface area (Å²) in [6.45, 7) is 4.69. The van der Waals surface area contributed by atoms with Crippen molar-refractivity contribution in [1.82, 2.24) is 0 Å². The molecule has 0 spiro atoms. The molecule has 8 aromatic carbocycles. The first-order chi connectivity index (χ1) is 24.1. The third kappa shape index (κ3) is 3.50. The average molecular weight is 627 g/mol. The number of hydrogen-bond donors (Lipinski definition) is 0. The van der Waals surface area contributed by atoms with Crippen LogP contribution in [0.4, 0.5) is 0 Å². The lowest BCUT2D eigenvalue weighted by atomic mass is 9.81. The quantitative estimate of drug-likeness (QED) is 0.178. The van der Waals surface area contributed by atoms with Crippen LogP contribution in [0.2, 0.25) is 0 Å². The molecule has 0 fully saturated rings. The molecule has 0 amide bonds. The van der Waals surface area contributed by atoms with Gasteiger partial charge >= 0.3 is 0 Å². The molecule has 0 atom stereocenters. The summed E-state index contributed by atoms with van der Waals surface area (Å²) in [5.41, 5.74) is 13.6. The van der Waals surface area contributed by atoms with Crippen LogP contribution in [0.25, 0.3) is 98.8 Å². The summed E-state index contributed by atoms with van der Waals surface area (Å²) in [6, 6.07) is 52.7. The molecule has 11 rings (SSSR count). The molecular weight excluding hydrogens is 597 g/mol. The van der Waals surface area contributed by atoms with E-state index in [1.807, 2.05) is 12.1 Å². The minimum atomic E-state index is -0.0392. The highest BCUT2D eigenvalue weighted by atomic mass is 16.3. The lowest BCUT2D eigenvalue weighted by Gasteiger charge is -2.22. The predicted molar refractivity (Wildman–Crippen MR) is 204 cm³/mol. The molecule has 0 N–H and O–H groups in total. The maximum atomic E-state index is 6.84. The molecule has 2 nitrogen and oxygen atoms in total. The van der Waals surface area contributed by atoms with Gasteiger partial charge in [0.15, 0.2) is 0 Å². The molecule has 0 saturated heterocycles. The predicted octanol–water partition coefficient (Wildman–Crippen LogP) is 13.4. The van der Waals surface area contributed by atoms with Gasteiger partial charge < -0.3 is 8.83 Å². The molecule has 0 unspecified atom stereocenters. The zero-order valence-corrected chi connectivity index (χ0v) is 27.2. The van der Waals surface area contributed by atoms with E-state index in [1.54, 1.807) is 0 Å². The lowest BCUT2D eigenvalue weighted by Crippen LogP contribution is -2.14. The fourth-order valence-electron chi connectivity index (χ4n) is 8.89. The second-order valence-electron chi connectivity index (χ2n) is 14.0. The van der Waals surface area contributed by atoms with Crippen molar-refractivity contribution >= 4 is 65.4 Å². The van der Waals surface area contributed by atoms with E-state index < -0.39 is 0 Å². The van der Waals surface area contributed by atoms with Gasteiger partial charge in [-0.05, 0) is 79.2 Å². The van der Waals surface area contributed by atoms with E-state index in [2.05, 4.69) is 147 Å². The van der Waals surface area contributed by atoms with Gasteiger partial charge in [0.2, 0.25) is 0 Å². The summed E-state index contributed by atoms with van der Waals surface area (Å²) in [6.07, 6.45) is 0. The van der Waals surface area contributed by atoms with Crippen LogP contribution in [0.15, 0.2) is 154 Å². The molecule has 1 aliphatic rings. The summed E-state index contributed by atoms with van der Waals surface area (Å²) in [5, 5.41) is 9.15. The molecule has 49 heavy (non-hydrogen) atoms. The van der Waals surface area contributed by atoms with Gasteiger partial charge in [0, 0.05) is 38.1 Å². The van der Waals surface area contributed by atoms with Crippen LogP contribution in [0.3, 0.4) is 0 Å². The third-order valence-electron chi connectivity index (χ3n) is 11.1. The Bertz CT molecular complexity index is 2960. The highest BCUT2D eigenvalue weighted by Crippen LogP contribution is 2.53. The maximum Gasteiger partial charge on any atom is 0.144 e. The number of fused-ring (bicyclic) bond motifs is 11. The fourth-order valence-corrected chi connectivity index (χ4v) is 8.89. The Kier molecular flexibility index (Phi) is 5.21. The van der Waals surface area contributed by atoms with E-state index in [0.717, 1.165) is 49.4 Å². The van der Waals surface area contributed by atoms with Gasteiger partial charge in [-0.1, -0.05) is 135 Å². The Labute approximate surface area is 282 Å². The van der Waals surface area contributed by atoms with Crippen LogP contribution in [0.1, 0.15) is 25.0 Å². The van der Waals surface area contributed by atoms with Crippen LogP contribution >= 0.6 is 0 Å². The van der Waals surface area contributed by atoms with Gasteiger partial charge in [-0.15, -0.1) is 0 Å². The molecule has 0 aliphatic heterocycles. The first kappa shape index (κ1) is 26.9. The van der Waals surface area contributed by atoms with E-state index in [0.29, 0.717) is 0 Å². The van der Waals surface area contributed by atoms with E-state index in [-0.39, 0.29) is 5.41 Å². The number of furan rings is 2. The van der Waals surface area contributed by atoms with E-state index in [1.165, 1.54) is 60.5 Å². The number of hydrogen-bond acceptors (Lipinski definition) is 2. The standard InChI is InChI=1S/C47H30O2/c1-47(2)37-20-10-7-13-28(37)35-25-27(23-24-38(35)47)42-30-15-3-5-17-32(30)43(33-18-6-4-16-31(33)42)45-44-34-19-9-12-22-40(34)48-41(44)26-36-29-14-8-11-21-39(29)49-46(36)45/h3-26H,1-2H3. The molecule has 0 radical (unpaired) electrons. The summed E-state index contributed by atoms with van der Waals surface area (Å²) in [5.74, 6) is 0. The minimum absolute atomic E-state index is 0.0392. The molecule has 2 heteroatoms. The Balaban J connectivity index is 1.31. The van der Waals surface area contributed by atoms with Crippen LogP contribution in [0, 0.1) is 0 Å². The molecule has 2 heterocycles. The summed E-state index contributed by atoms with van der Waals surface area (Å²) in [4.78, 5) is 0. The van der Waals surface area contributed by atoms with Crippen molar-refractivity contribution in [2.45, 2.75) is 19.3 Å². The highest BCUT2D eigenvalue weighted by molar-refractivity contribution is 6.31. The highest BCUT2D eigenvalue weighted by Gasteiger charge is 2.35. The van der Waals surface area contributed by atoms with Crippen LogP contribution in [-0.2, 0) is 5.41 Å². The fraction of sp³-hybridized carbons (Fsp3) is 0.0638. The summed E-state index contributed by atoms with van der Waals surface area (Å²) in [7, 11) is 0. The summed E-state index contributed by atoms with van der Waals surface area (Å²) < 4.78 is 13.4. The normalized spacial score (nSPS) is 13.7. The zero-order valence-electron chi connectivity index (χ0n) is 27.2. The average Bonchev–Trinajstić information content (AvgIpc) is 3.77. The van der Waals surface area contributed by atoms with Gasteiger partial charge in [-0.25, -0.2) is 0 Å². The van der Waals surface area contributed by atoms with Crippen molar-refractivity contribution in [1.29, 1.82) is 0 Å². The molecule has 0 saturated carbocycles.